The molecule has 0 unspecified atom stereocenters. The lowest BCUT2D eigenvalue weighted by atomic mass is 10.1. The molecule has 0 spiro atoms. The molecule has 4 nitrogen and oxygen atoms in total. The van der Waals surface area contributed by atoms with Gasteiger partial charge in [-0.25, -0.2) is 4.98 Å². The summed E-state index contributed by atoms with van der Waals surface area (Å²) >= 11 is 0. The maximum absolute atomic E-state index is 5.72. The van der Waals surface area contributed by atoms with Crippen LogP contribution in [0.5, 0.6) is 0 Å². The lowest BCUT2D eigenvalue weighted by Gasteiger charge is -2.12. The molecule has 1 heterocycles. The van der Waals surface area contributed by atoms with Gasteiger partial charge in [0, 0.05) is 13.1 Å². The fraction of sp³-hybridized carbons (Fsp3) is 0.500. The number of rotatable bonds is 4. The lowest BCUT2D eigenvalue weighted by molar-refractivity contribution is 0.382. The molecule has 0 aliphatic rings. The molecular formula is C14H22N4. The molecule has 0 aliphatic heterocycles. The second kappa shape index (κ2) is 5.08. The van der Waals surface area contributed by atoms with E-state index < -0.39 is 0 Å². The van der Waals surface area contributed by atoms with Crippen molar-refractivity contribution in [2.24, 2.45) is 5.73 Å². The van der Waals surface area contributed by atoms with Gasteiger partial charge in [0.05, 0.1) is 17.6 Å². The first-order valence-corrected chi connectivity index (χ1v) is 6.34. The lowest BCUT2D eigenvalue weighted by Crippen LogP contribution is -2.18. The number of hydrogen-bond acceptors (Lipinski definition) is 3. The quantitative estimate of drug-likeness (QED) is 0.892. The van der Waals surface area contributed by atoms with Crippen molar-refractivity contribution in [2.75, 3.05) is 20.6 Å². The van der Waals surface area contributed by atoms with E-state index >= 15 is 0 Å². The minimum absolute atomic E-state index is 0.638. The SMILES string of the molecule is Cc1cc2nc(CN(C)C)n(CCN)c2cc1C. The summed E-state index contributed by atoms with van der Waals surface area (Å²) in [4.78, 5) is 6.87. The van der Waals surface area contributed by atoms with Gasteiger partial charge in [0.1, 0.15) is 5.82 Å². The van der Waals surface area contributed by atoms with Crippen molar-refractivity contribution in [3.8, 4) is 0 Å². The van der Waals surface area contributed by atoms with E-state index in [2.05, 4.69) is 49.5 Å². The van der Waals surface area contributed by atoms with Crippen LogP contribution in [-0.2, 0) is 13.1 Å². The molecule has 0 amide bonds. The van der Waals surface area contributed by atoms with Crippen molar-refractivity contribution in [3.05, 3.63) is 29.1 Å². The van der Waals surface area contributed by atoms with Crippen molar-refractivity contribution < 1.29 is 0 Å². The average Bonchev–Trinajstić information content (AvgIpc) is 2.58. The highest BCUT2D eigenvalue weighted by atomic mass is 15.2. The van der Waals surface area contributed by atoms with Crippen LogP contribution in [-0.4, -0.2) is 35.1 Å². The normalized spacial score (nSPS) is 11.7. The molecule has 0 aliphatic carbocycles. The zero-order valence-electron chi connectivity index (χ0n) is 11.7. The summed E-state index contributed by atoms with van der Waals surface area (Å²) in [5, 5.41) is 0. The van der Waals surface area contributed by atoms with Gasteiger partial charge in [-0.05, 0) is 51.2 Å². The second-order valence-corrected chi connectivity index (χ2v) is 5.13. The van der Waals surface area contributed by atoms with E-state index in [1.165, 1.54) is 16.6 Å². The molecule has 2 rings (SSSR count). The first-order valence-electron chi connectivity index (χ1n) is 6.34. The Balaban J connectivity index is 2.59. The van der Waals surface area contributed by atoms with E-state index in [9.17, 15) is 0 Å². The number of benzene rings is 1. The minimum atomic E-state index is 0.638. The predicted octanol–water partition coefficient (Wildman–Crippen LogP) is 1.67. The van der Waals surface area contributed by atoms with Crippen molar-refractivity contribution >= 4 is 11.0 Å². The summed E-state index contributed by atoms with van der Waals surface area (Å²) in [7, 11) is 4.12. The van der Waals surface area contributed by atoms with Crippen molar-refractivity contribution in [1.82, 2.24) is 14.5 Å². The third kappa shape index (κ3) is 2.40. The summed E-state index contributed by atoms with van der Waals surface area (Å²) in [5.41, 5.74) is 10.6. The van der Waals surface area contributed by atoms with Crippen molar-refractivity contribution in [2.45, 2.75) is 26.9 Å². The second-order valence-electron chi connectivity index (χ2n) is 5.13. The van der Waals surface area contributed by atoms with Gasteiger partial charge in [0.25, 0.3) is 0 Å². The number of nitrogens with zero attached hydrogens (tertiary/aromatic N) is 3. The van der Waals surface area contributed by atoms with Crippen LogP contribution in [0.15, 0.2) is 12.1 Å². The van der Waals surface area contributed by atoms with E-state index in [1.54, 1.807) is 0 Å². The van der Waals surface area contributed by atoms with Gasteiger partial charge in [0.2, 0.25) is 0 Å². The van der Waals surface area contributed by atoms with Crippen molar-refractivity contribution in [3.63, 3.8) is 0 Å². The molecular weight excluding hydrogens is 224 g/mol. The highest BCUT2D eigenvalue weighted by molar-refractivity contribution is 5.78. The Labute approximate surface area is 108 Å². The highest BCUT2D eigenvalue weighted by Gasteiger charge is 2.11. The molecule has 0 radical (unpaired) electrons. The van der Waals surface area contributed by atoms with Crippen LogP contribution in [0.3, 0.4) is 0 Å². The molecule has 2 aromatic rings. The molecule has 98 valence electrons. The number of fused-ring (bicyclic) bond motifs is 1. The maximum atomic E-state index is 5.72. The number of aryl methyl sites for hydroxylation is 2. The van der Waals surface area contributed by atoms with Gasteiger partial charge in [-0.1, -0.05) is 0 Å². The molecule has 4 heteroatoms. The topological polar surface area (TPSA) is 47.1 Å². The Hall–Kier alpha value is -1.39. The van der Waals surface area contributed by atoms with Gasteiger partial charge in [0.15, 0.2) is 0 Å². The number of aromatic nitrogens is 2. The van der Waals surface area contributed by atoms with Crippen LogP contribution in [0.1, 0.15) is 17.0 Å². The number of nitrogens with two attached hydrogens (primary N) is 1. The summed E-state index contributed by atoms with van der Waals surface area (Å²) in [5.74, 6) is 1.09. The summed E-state index contributed by atoms with van der Waals surface area (Å²) in [6.07, 6.45) is 0. The van der Waals surface area contributed by atoms with Gasteiger partial charge < -0.3 is 15.2 Å². The zero-order chi connectivity index (χ0) is 13.3. The predicted molar refractivity (Wildman–Crippen MR) is 75.7 cm³/mol. The van der Waals surface area contributed by atoms with Gasteiger partial charge in [-0.3, -0.25) is 0 Å². The third-order valence-electron chi connectivity index (χ3n) is 3.25. The van der Waals surface area contributed by atoms with E-state index in [4.69, 9.17) is 10.7 Å². The van der Waals surface area contributed by atoms with Gasteiger partial charge in [-0.15, -0.1) is 0 Å². The smallest absolute Gasteiger partial charge is 0.124 e. The van der Waals surface area contributed by atoms with E-state index in [1.807, 2.05) is 0 Å². The zero-order valence-corrected chi connectivity index (χ0v) is 11.7. The Kier molecular flexibility index (Phi) is 3.68. The van der Waals surface area contributed by atoms with Crippen LogP contribution in [0, 0.1) is 13.8 Å². The van der Waals surface area contributed by atoms with Gasteiger partial charge >= 0.3 is 0 Å². The van der Waals surface area contributed by atoms with E-state index in [-0.39, 0.29) is 0 Å². The molecule has 0 atom stereocenters. The van der Waals surface area contributed by atoms with Crippen LogP contribution < -0.4 is 5.73 Å². The molecule has 0 fully saturated rings. The molecule has 18 heavy (non-hydrogen) atoms. The molecule has 0 saturated heterocycles. The molecule has 1 aromatic carbocycles. The van der Waals surface area contributed by atoms with E-state index in [0.29, 0.717) is 6.54 Å². The number of imidazole rings is 1. The van der Waals surface area contributed by atoms with E-state index in [0.717, 1.165) is 24.4 Å². The van der Waals surface area contributed by atoms with Crippen LogP contribution in [0.4, 0.5) is 0 Å². The largest absolute Gasteiger partial charge is 0.329 e. The Morgan fingerprint density at radius 1 is 1.22 bits per heavy atom. The molecule has 2 N–H and O–H groups in total. The maximum Gasteiger partial charge on any atom is 0.124 e. The van der Waals surface area contributed by atoms with Crippen molar-refractivity contribution in [1.29, 1.82) is 0 Å². The average molecular weight is 246 g/mol. The molecule has 0 saturated carbocycles. The van der Waals surface area contributed by atoms with Gasteiger partial charge in [-0.2, -0.15) is 0 Å². The number of hydrogen-bond donors (Lipinski definition) is 1. The Morgan fingerprint density at radius 2 is 1.89 bits per heavy atom. The Bertz CT molecular complexity index is 554. The first kappa shape index (κ1) is 13.1. The fourth-order valence-corrected chi connectivity index (χ4v) is 2.21. The molecule has 1 aromatic heterocycles. The van der Waals surface area contributed by atoms with Crippen LogP contribution in [0.2, 0.25) is 0 Å². The summed E-state index contributed by atoms with van der Waals surface area (Å²) < 4.78 is 2.24. The standard InChI is InChI=1S/C14H22N4/c1-10-7-12-13(8-11(10)2)18(6-5-15)14(16-12)9-17(3)4/h7-8H,5-6,9,15H2,1-4H3. The van der Waals surface area contributed by atoms with Crippen LogP contribution >= 0.6 is 0 Å². The summed E-state index contributed by atoms with van der Waals surface area (Å²) in [6, 6.07) is 4.38. The molecule has 0 bridgehead atoms. The highest BCUT2D eigenvalue weighted by Crippen LogP contribution is 2.21. The van der Waals surface area contributed by atoms with Crippen LogP contribution in [0.25, 0.3) is 11.0 Å². The Morgan fingerprint density at radius 3 is 2.50 bits per heavy atom. The summed E-state index contributed by atoms with van der Waals surface area (Å²) in [6.45, 7) is 6.57. The minimum Gasteiger partial charge on any atom is -0.329 e. The monoisotopic (exact) mass is 246 g/mol. The first-order chi connectivity index (χ1) is 8.52. The third-order valence-corrected chi connectivity index (χ3v) is 3.25. The fourth-order valence-electron chi connectivity index (χ4n) is 2.21.